The maximum absolute atomic E-state index is 11.1. The van der Waals surface area contributed by atoms with Gasteiger partial charge < -0.3 is 5.11 Å². The second kappa shape index (κ2) is 3.74. The van der Waals surface area contributed by atoms with Crippen LogP contribution in [0, 0.1) is 28.2 Å². The summed E-state index contributed by atoms with van der Waals surface area (Å²) in [6, 6.07) is 0. The van der Waals surface area contributed by atoms with Crippen molar-refractivity contribution >= 4 is 8.07 Å². The zero-order valence-corrected chi connectivity index (χ0v) is 13.4. The molecule has 0 aliphatic heterocycles. The Hall–Kier alpha value is -0.523. The van der Waals surface area contributed by atoms with Crippen molar-refractivity contribution in [1.29, 1.82) is 0 Å². The molecular formula is C16H26OSi. The molecule has 0 heterocycles. The number of aliphatic hydroxyl groups is 1. The van der Waals surface area contributed by atoms with E-state index in [1.54, 1.807) is 0 Å². The molecule has 0 spiro atoms. The zero-order chi connectivity index (χ0) is 13.8. The molecule has 2 aliphatic carbocycles. The average molecular weight is 262 g/mol. The number of fused-ring (bicyclic) bond motifs is 2. The van der Waals surface area contributed by atoms with Gasteiger partial charge in [-0.05, 0) is 30.6 Å². The highest BCUT2D eigenvalue weighted by molar-refractivity contribution is 6.83. The van der Waals surface area contributed by atoms with Gasteiger partial charge in [-0.15, -0.1) is 12.1 Å². The highest BCUT2D eigenvalue weighted by atomic mass is 28.3. The van der Waals surface area contributed by atoms with Crippen LogP contribution in [0.5, 0.6) is 0 Å². The van der Waals surface area contributed by atoms with Crippen molar-refractivity contribution in [2.24, 2.45) is 16.7 Å². The molecule has 0 aromatic heterocycles. The second-order valence-electron chi connectivity index (χ2n) is 7.70. The van der Waals surface area contributed by atoms with Crippen molar-refractivity contribution in [3.8, 4) is 11.5 Å². The van der Waals surface area contributed by atoms with Crippen molar-refractivity contribution in [2.75, 3.05) is 0 Å². The van der Waals surface area contributed by atoms with Crippen LogP contribution < -0.4 is 0 Å². The largest absolute Gasteiger partial charge is 0.377 e. The Morgan fingerprint density at radius 3 is 2.39 bits per heavy atom. The molecule has 18 heavy (non-hydrogen) atoms. The minimum atomic E-state index is -1.45. The van der Waals surface area contributed by atoms with E-state index in [0.717, 1.165) is 12.8 Å². The van der Waals surface area contributed by atoms with E-state index in [1.807, 2.05) is 6.08 Å². The highest BCUT2D eigenvalue weighted by Gasteiger charge is 2.69. The number of rotatable bonds is 1. The molecule has 3 atom stereocenters. The van der Waals surface area contributed by atoms with Crippen LogP contribution in [-0.2, 0) is 0 Å². The van der Waals surface area contributed by atoms with E-state index in [9.17, 15) is 5.11 Å². The standard InChI is InChI=1S/C16H26OSi/c1-7-15-9-8-13(14(15,2)3)12-16(15,17)10-11-18(4,5)6/h7,13,17H,1,8-9,12H2,2-6H3/t13-,15-,16-/m1/s1. The van der Waals surface area contributed by atoms with E-state index >= 15 is 0 Å². The van der Waals surface area contributed by atoms with E-state index in [0.29, 0.717) is 5.92 Å². The maximum Gasteiger partial charge on any atom is 0.134 e. The number of hydrogen-bond acceptors (Lipinski definition) is 1. The molecule has 2 saturated carbocycles. The Morgan fingerprint density at radius 2 is 1.94 bits per heavy atom. The molecule has 2 aliphatic rings. The molecule has 1 nitrogen and oxygen atoms in total. The SMILES string of the molecule is C=C[C@]12CC[C@H](C[C@]1(O)C#C[Si](C)(C)C)C2(C)C. The van der Waals surface area contributed by atoms with Crippen LogP contribution in [0.2, 0.25) is 19.6 Å². The summed E-state index contributed by atoms with van der Waals surface area (Å²) in [6.07, 6.45) is 5.06. The summed E-state index contributed by atoms with van der Waals surface area (Å²) >= 11 is 0. The molecule has 0 saturated heterocycles. The smallest absolute Gasteiger partial charge is 0.134 e. The monoisotopic (exact) mass is 262 g/mol. The molecule has 0 unspecified atom stereocenters. The summed E-state index contributed by atoms with van der Waals surface area (Å²) in [7, 11) is -1.45. The first kappa shape index (κ1) is 13.9. The Labute approximate surface area is 113 Å². The Balaban J connectivity index is 2.47. The Morgan fingerprint density at radius 1 is 1.33 bits per heavy atom. The van der Waals surface area contributed by atoms with Crippen LogP contribution in [0.15, 0.2) is 12.7 Å². The van der Waals surface area contributed by atoms with Crippen LogP contribution in [-0.4, -0.2) is 18.8 Å². The summed E-state index contributed by atoms with van der Waals surface area (Å²) in [5.41, 5.74) is 2.44. The minimum absolute atomic E-state index is 0.123. The van der Waals surface area contributed by atoms with E-state index in [2.05, 4.69) is 51.5 Å². The fourth-order valence-corrected chi connectivity index (χ4v) is 4.65. The second-order valence-corrected chi connectivity index (χ2v) is 12.4. The molecule has 2 bridgehead atoms. The van der Waals surface area contributed by atoms with Crippen molar-refractivity contribution in [3.63, 3.8) is 0 Å². The third-order valence-electron chi connectivity index (χ3n) is 5.33. The molecule has 1 N–H and O–H groups in total. The van der Waals surface area contributed by atoms with Gasteiger partial charge in [-0.3, -0.25) is 0 Å². The quantitative estimate of drug-likeness (QED) is 0.435. The first-order chi connectivity index (χ1) is 8.08. The van der Waals surface area contributed by atoms with Gasteiger partial charge in [0.1, 0.15) is 13.7 Å². The first-order valence-electron chi connectivity index (χ1n) is 6.98. The van der Waals surface area contributed by atoms with Crippen LogP contribution in [0.25, 0.3) is 0 Å². The third-order valence-corrected chi connectivity index (χ3v) is 6.21. The fourth-order valence-electron chi connectivity index (χ4n) is 4.07. The lowest BCUT2D eigenvalue weighted by atomic mass is 9.63. The zero-order valence-electron chi connectivity index (χ0n) is 12.4. The van der Waals surface area contributed by atoms with E-state index < -0.39 is 13.7 Å². The van der Waals surface area contributed by atoms with Crippen LogP contribution >= 0.6 is 0 Å². The van der Waals surface area contributed by atoms with Crippen molar-refractivity contribution in [3.05, 3.63) is 12.7 Å². The summed E-state index contributed by atoms with van der Waals surface area (Å²) < 4.78 is 0. The minimum Gasteiger partial charge on any atom is -0.377 e. The first-order valence-corrected chi connectivity index (χ1v) is 10.5. The van der Waals surface area contributed by atoms with Crippen LogP contribution in [0.4, 0.5) is 0 Å². The van der Waals surface area contributed by atoms with Gasteiger partial charge in [-0.2, -0.15) is 0 Å². The van der Waals surface area contributed by atoms with Gasteiger partial charge in [0, 0.05) is 5.41 Å². The predicted molar refractivity (Wildman–Crippen MR) is 79.8 cm³/mol. The van der Waals surface area contributed by atoms with Gasteiger partial charge in [-0.1, -0.05) is 45.5 Å². The lowest BCUT2D eigenvalue weighted by Gasteiger charge is -2.43. The highest BCUT2D eigenvalue weighted by Crippen LogP contribution is 2.70. The van der Waals surface area contributed by atoms with Gasteiger partial charge in [0.05, 0.1) is 0 Å². The van der Waals surface area contributed by atoms with Gasteiger partial charge >= 0.3 is 0 Å². The molecule has 0 aromatic rings. The maximum atomic E-state index is 11.1. The van der Waals surface area contributed by atoms with Gasteiger partial charge in [0.25, 0.3) is 0 Å². The van der Waals surface area contributed by atoms with Gasteiger partial charge in [0.2, 0.25) is 0 Å². The van der Waals surface area contributed by atoms with Gasteiger partial charge in [0.15, 0.2) is 0 Å². The molecule has 2 heteroatoms. The summed E-state index contributed by atoms with van der Waals surface area (Å²) in [6.45, 7) is 15.3. The van der Waals surface area contributed by atoms with Gasteiger partial charge in [-0.25, -0.2) is 0 Å². The molecule has 0 amide bonds. The Kier molecular flexibility index (Phi) is 2.89. The van der Waals surface area contributed by atoms with Crippen LogP contribution in [0.1, 0.15) is 33.1 Å². The molecule has 100 valence electrons. The third kappa shape index (κ3) is 1.64. The van der Waals surface area contributed by atoms with E-state index in [4.69, 9.17) is 0 Å². The number of hydrogen-bond donors (Lipinski definition) is 1. The van der Waals surface area contributed by atoms with E-state index in [-0.39, 0.29) is 10.8 Å². The summed E-state index contributed by atoms with van der Waals surface area (Å²) in [4.78, 5) is 0. The normalized spacial score (nSPS) is 41.3. The van der Waals surface area contributed by atoms with Crippen molar-refractivity contribution in [1.82, 2.24) is 0 Å². The van der Waals surface area contributed by atoms with Crippen molar-refractivity contribution < 1.29 is 5.11 Å². The molecular weight excluding hydrogens is 236 g/mol. The molecule has 2 rings (SSSR count). The van der Waals surface area contributed by atoms with Crippen LogP contribution in [0.3, 0.4) is 0 Å². The topological polar surface area (TPSA) is 20.2 Å². The fraction of sp³-hybridized carbons (Fsp3) is 0.750. The summed E-state index contributed by atoms with van der Waals surface area (Å²) in [5, 5.41) is 11.1. The lowest BCUT2D eigenvalue weighted by molar-refractivity contribution is -0.0220. The predicted octanol–water partition coefficient (Wildman–Crippen LogP) is 3.61. The lowest BCUT2D eigenvalue weighted by Crippen LogP contribution is -2.47. The average Bonchev–Trinajstić information content (AvgIpc) is 2.58. The molecule has 2 fully saturated rings. The molecule has 0 aromatic carbocycles. The Bertz CT molecular complexity index is 434. The summed E-state index contributed by atoms with van der Waals surface area (Å²) in [5.74, 6) is 3.85. The molecule has 0 radical (unpaired) electrons. The van der Waals surface area contributed by atoms with Crippen molar-refractivity contribution in [2.45, 2.75) is 58.4 Å². The van der Waals surface area contributed by atoms with E-state index in [1.165, 1.54) is 6.42 Å².